The predicted octanol–water partition coefficient (Wildman–Crippen LogP) is 2.78. The summed E-state index contributed by atoms with van der Waals surface area (Å²) in [5, 5.41) is 2.90. The van der Waals surface area contributed by atoms with Crippen LogP contribution in [0, 0.1) is 12.7 Å². The van der Waals surface area contributed by atoms with Crippen molar-refractivity contribution in [2.45, 2.75) is 6.92 Å². The standard InChI is InChI=1S/C17H18FN3O3S/c1-10-4-6-12(9-13(10)18)19-17(25)21-20-16(22)11-5-7-14(23-2)15(8-11)24-3/h4-9H,1-3H3,(H,20,22)(H2,19,21,25). The summed E-state index contributed by atoms with van der Waals surface area (Å²) in [4.78, 5) is 12.2. The highest BCUT2D eigenvalue weighted by Gasteiger charge is 2.11. The van der Waals surface area contributed by atoms with E-state index in [1.807, 2.05) is 0 Å². The summed E-state index contributed by atoms with van der Waals surface area (Å²) in [5.41, 5.74) is 6.37. The number of methoxy groups -OCH3 is 2. The first-order valence-corrected chi connectivity index (χ1v) is 7.71. The quantitative estimate of drug-likeness (QED) is 0.573. The second-order valence-corrected chi connectivity index (χ2v) is 5.48. The van der Waals surface area contributed by atoms with Crippen LogP contribution in [0.25, 0.3) is 0 Å². The minimum absolute atomic E-state index is 0.122. The number of aryl methyl sites for hydroxylation is 1. The van der Waals surface area contributed by atoms with Crippen molar-refractivity contribution in [1.82, 2.24) is 10.9 Å². The van der Waals surface area contributed by atoms with Gasteiger partial charge in [0.25, 0.3) is 5.91 Å². The summed E-state index contributed by atoms with van der Waals surface area (Å²) in [6, 6.07) is 9.38. The Morgan fingerprint density at radius 2 is 1.76 bits per heavy atom. The van der Waals surface area contributed by atoms with Gasteiger partial charge in [-0.2, -0.15) is 0 Å². The van der Waals surface area contributed by atoms with Crippen molar-refractivity contribution < 1.29 is 18.7 Å². The zero-order valence-electron chi connectivity index (χ0n) is 14.0. The molecule has 0 aliphatic carbocycles. The Balaban J connectivity index is 1.94. The fourth-order valence-corrected chi connectivity index (χ4v) is 2.17. The molecule has 0 bridgehead atoms. The topological polar surface area (TPSA) is 71.6 Å². The molecule has 3 N–H and O–H groups in total. The van der Waals surface area contributed by atoms with Gasteiger partial charge >= 0.3 is 0 Å². The van der Waals surface area contributed by atoms with Crippen LogP contribution in [0.4, 0.5) is 10.1 Å². The summed E-state index contributed by atoms with van der Waals surface area (Å²) in [5.74, 6) is 0.193. The van der Waals surface area contributed by atoms with Crippen LogP contribution in [0.15, 0.2) is 36.4 Å². The molecule has 132 valence electrons. The number of benzene rings is 2. The van der Waals surface area contributed by atoms with E-state index < -0.39 is 5.91 Å². The fourth-order valence-electron chi connectivity index (χ4n) is 2.00. The van der Waals surface area contributed by atoms with Crippen LogP contribution in [0.1, 0.15) is 15.9 Å². The second kappa shape index (κ2) is 8.29. The van der Waals surface area contributed by atoms with Gasteiger partial charge in [-0.1, -0.05) is 6.07 Å². The van der Waals surface area contributed by atoms with Crippen LogP contribution >= 0.6 is 12.2 Å². The first-order chi connectivity index (χ1) is 11.9. The third kappa shape index (κ3) is 4.80. The van der Waals surface area contributed by atoms with Crippen molar-refractivity contribution in [3.8, 4) is 11.5 Å². The van der Waals surface area contributed by atoms with Gasteiger partial charge in [-0.25, -0.2) is 4.39 Å². The van der Waals surface area contributed by atoms with Crippen LogP contribution in [-0.2, 0) is 0 Å². The maximum Gasteiger partial charge on any atom is 0.269 e. The SMILES string of the molecule is COc1ccc(C(=O)NNC(=S)Nc2ccc(C)c(F)c2)cc1OC. The highest BCUT2D eigenvalue weighted by molar-refractivity contribution is 7.80. The van der Waals surface area contributed by atoms with Crippen molar-refractivity contribution in [3.05, 3.63) is 53.3 Å². The Morgan fingerprint density at radius 1 is 1.04 bits per heavy atom. The van der Waals surface area contributed by atoms with E-state index in [9.17, 15) is 9.18 Å². The van der Waals surface area contributed by atoms with E-state index in [2.05, 4.69) is 16.2 Å². The summed E-state index contributed by atoms with van der Waals surface area (Å²) in [7, 11) is 2.99. The Morgan fingerprint density at radius 3 is 2.40 bits per heavy atom. The zero-order valence-corrected chi connectivity index (χ0v) is 14.8. The lowest BCUT2D eigenvalue weighted by molar-refractivity contribution is 0.0943. The number of halogens is 1. The lowest BCUT2D eigenvalue weighted by Gasteiger charge is -2.13. The van der Waals surface area contributed by atoms with E-state index >= 15 is 0 Å². The number of carbonyl (C=O) groups is 1. The number of ether oxygens (including phenoxy) is 2. The molecule has 1 amide bonds. The highest BCUT2D eigenvalue weighted by atomic mass is 32.1. The molecular weight excluding hydrogens is 345 g/mol. The minimum Gasteiger partial charge on any atom is -0.493 e. The van der Waals surface area contributed by atoms with Crippen LogP contribution < -0.4 is 25.6 Å². The average Bonchev–Trinajstić information content (AvgIpc) is 2.62. The molecule has 2 aromatic carbocycles. The monoisotopic (exact) mass is 363 g/mol. The van der Waals surface area contributed by atoms with Gasteiger partial charge in [0.15, 0.2) is 16.6 Å². The molecule has 2 aromatic rings. The number of rotatable bonds is 4. The minimum atomic E-state index is -0.416. The van der Waals surface area contributed by atoms with Gasteiger partial charge in [-0.05, 0) is 55.0 Å². The summed E-state index contributed by atoms with van der Waals surface area (Å²) in [6.07, 6.45) is 0. The zero-order chi connectivity index (χ0) is 18.4. The average molecular weight is 363 g/mol. The normalized spacial score (nSPS) is 9.92. The van der Waals surface area contributed by atoms with E-state index in [0.717, 1.165) is 0 Å². The van der Waals surface area contributed by atoms with E-state index in [0.29, 0.717) is 28.3 Å². The third-order valence-electron chi connectivity index (χ3n) is 3.36. The van der Waals surface area contributed by atoms with Crippen molar-refractivity contribution in [2.24, 2.45) is 0 Å². The Labute approximate surface area is 150 Å². The Hall–Kier alpha value is -2.87. The molecule has 0 spiro atoms. The highest BCUT2D eigenvalue weighted by Crippen LogP contribution is 2.27. The third-order valence-corrected chi connectivity index (χ3v) is 3.57. The molecular formula is C17H18FN3O3S. The van der Waals surface area contributed by atoms with Crippen molar-refractivity contribution in [1.29, 1.82) is 0 Å². The van der Waals surface area contributed by atoms with Gasteiger partial charge in [0.1, 0.15) is 5.82 Å². The molecule has 0 atom stereocenters. The van der Waals surface area contributed by atoms with Gasteiger partial charge in [-0.15, -0.1) is 0 Å². The van der Waals surface area contributed by atoms with E-state index in [4.69, 9.17) is 21.7 Å². The fraction of sp³-hybridized carbons (Fsp3) is 0.176. The number of thiocarbonyl (C=S) groups is 1. The first kappa shape index (κ1) is 18.5. The van der Waals surface area contributed by atoms with Gasteiger partial charge in [0, 0.05) is 11.3 Å². The number of amides is 1. The molecule has 0 fully saturated rings. The molecule has 0 saturated heterocycles. The van der Waals surface area contributed by atoms with Gasteiger partial charge < -0.3 is 14.8 Å². The van der Waals surface area contributed by atoms with Crippen LogP contribution in [0.3, 0.4) is 0 Å². The number of hydrogen-bond donors (Lipinski definition) is 3. The lowest BCUT2D eigenvalue weighted by atomic mass is 10.2. The molecule has 0 aromatic heterocycles. The van der Waals surface area contributed by atoms with Crippen LogP contribution in [-0.4, -0.2) is 25.2 Å². The van der Waals surface area contributed by atoms with Crippen molar-refractivity contribution >= 4 is 28.9 Å². The first-order valence-electron chi connectivity index (χ1n) is 7.30. The number of hydrogen-bond acceptors (Lipinski definition) is 4. The molecule has 0 aliphatic rings. The largest absolute Gasteiger partial charge is 0.493 e. The molecule has 8 heteroatoms. The smallest absolute Gasteiger partial charge is 0.269 e. The van der Waals surface area contributed by atoms with Gasteiger partial charge in [0.05, 0.1) is 14.2 Å². The van der Waals surface area contributed by atoms with Gasteiger partial charge in [0.2, 0.25) is 0 Å². The lowest BCUT2D eigenvalue weighted by Crippen LogP contribution is -2.43. The number of carbonyl (C=O) groups excluding carboxylic acids is 1. The molecule has 0 heterocycles. The van der Waals surface area contributed by atoms with Gasteiger partial charge in [-0.3, -0.25) is 15.6 Å². The van der Waals surface area contributed by atoms with E-state index in [1.54, 1.807) is 37.3 Å². The summed E-state index contributed by atoms with van der Waals surface area (Å²) in [6.45, 7) is 1.67. The van der Waals surface area contributed by atoms with Crippen LogP contribution in [0.2, 0.25) is 0 Å². The Bertz CT molecular complexity index is 799. The molecule has 0 unspecified atom stereocenters. The molecule has 6 nitrogen and oxygen atoms in total. The molecule has 0 saturated carbocycles. The van der Waals surface area contributed by atoms with Crippen molar-refractivity contribution in [3.63, 3.8) is 0 Å². The second-order valence-electron chi connectivity index (χ2n) is 5.07. The van der Waals surface area contributed by atoms with E-state index in [-0.39, 0.29) is 10.9 Å². The maximum absolute atomic E-state index is 13.5. The number of nitrogens with one attached hydrogen (secondary N) is 3. The van der Waals surface area contributed by atoms with Crippen molar-refractivity contribution in [2.75, 3.05) is 19.5 Å². The maximum atomic E-state index is 13.5. The molecule has 2 rings (SSSR count). The predicted molar refractivity (Wildman–Crippen MR) is 97.5 cm³/mol. The van der Waals surface area contributed by atoms with Crippen LogP contribution in [0.5, 0.6) is 11.5 Å². The molecule has 0 aliphatic heterocycles. The molecule has 25 heavy (non-hydrogen) atoms. The number of anilines is 1. The van der Waals surface area contributed by atoms with E-state index in [1.165, 1.54) is 20.3 Å². The summed E-state index contributed by atoms with van der Waals surface area (Å²) < 4.78 is 23.8. The molecule has 0 radical (unpaired) electrons. The summed E-state index contributed by atoms with van der Waals surface area (Å²) >= 11 is 5.06. The number of hydrazine groups is 1. The Kier molecular flexibility index (Phi) is 6.13.